The number of H-pyrrole nitrogens is 1. The quantitative estimate of drug-likeness (QED) is 0.734. The highest BCUT2D eigenvalue weighted by Gasteiger charge is 2.22. The van der Waals surface area contributed by atoms with Crippen LogP contribution in [0.25, 0.3) is 10.9 Å². The Kier molecular flexibility index (Phi) is 5.10. The maximum Gasteiger partial charge on any atom is 0.252 e. The zero-order chi connectivity index (χ0) is 19.5. The molecular formula is C22H24N4O2. The van der Waals surface area contributed by atoms with E-state index in [0.717, 1.165) is 48.2 Å². The number of carbonyl (C=O) groups is 1. The molecular weight excluding hydrogens is 352 g/mol. The molecule has 1 aliphatic rings. The van der Waals surface area contributed by atoms with E-state index in [1.807, 2.05) is 43.5 Å². The summed E-state index contributed by atoms with van der Waals surface area (Å²) in [5.74, 6) is 0.880. The molecule has 1 saturated heterocycles. The number of aromatic amines is 1. The fourth-order valence-corrected chi connectivity index (χ4v) is 3.68. The van der Waals surface area contributed by atoms with Crippen LogP contribution in [0.4, 0.5) is 5.82 Å². The molecule has 0 radical (unpaired) electrons. The normalized spacial score (nSPS) is 15.0. The number of pyridine rings is 2. The van der Waals surface area contributed by atoms with Crippen LogP contribution < -0.4 is 15.8 Å². The summed E-state index contributed by atoms with van der Waals surface area (Å²) in [6, 6.07) is 13.6. The first-order valence-electron chi connectivity index (χ1n) is 9.66. The Morgan fingerprint density at radius 3 is 2.75 bits per heavy atom. The number of benzene rings is 1. The Bertz CT molecular complexity index is 1030. The van der Waals surface area contributed by atoms with Gasteiger partial charge in [-0.2, -0.15) is 0 Å². The Balaban J connectivity index is 1.34. The van der Waals surface area contributed by atoms with Gasteiger partial charge in [0.25, 0.3) is 5.56 Å². The first-order chi connectivity index (χ1) is 13.6. The zero-order valence-corrected chi connectivity index (χ0v) is 15.9. The van der Waals surface area contributed by atoms with Gasteiger partial charge in [-0.25, -0.2) is 4.98 Å². The molecule has 0 unspecified atom stereocenters. The number of rotatable bonds is 4. The topological polar surface area (TPSA) is 78.1 Å². The Morgan fingerprint density at radius 1 is 1.21 bits per heavy atom. The molecule has 6 heteroatoms. The highest BCUT2D eigenvalue weighted by molar-refractivity contribution is 5.82. The lowest BCUT2D eigenvalue weighted by Gasteiger charge is -2.33. The molecule has 28 heavy (non-hydrogen) atoms. The molecule has 1 aliphatic heterocycles. The number of hydrogen-bond donors (Lipinski definition) is 2. The van der Waals surface area contributed by atoms with Crippen LogP contribution in [0.3, 0.4) is 0 Å². The molecule has 0 atom stereocenters. The molecule has 0 saturated carbocycles. The van der Waals surface area contributed by atoms with Crippen molar-refractivity contribution < 1.29 is 4.79 Å². The standard InChI is InChI=1S/C22H24N4O2/c1-15-6-7-20(23-14-15)26-10-8-18(9-11-26)24-21(27)13-17-12-16-4-2-3-5-19(16)25-22(17)28/h2-7,12,14,18H,8-11,13H2,1H3,(H,24,27)(H,25,28). The molecule has 0 bridgehead atoms. The van der Waals surface area contributed by atoms with Crippen molar-refractivity contribution in [3.05, 3.63) is 70.1 Å². The summed E-state index contributed by atoms with van der Waals surface area (Å²) in [6.07, 6.45) is 3.72. The van der Waals surface area contributed by atoms with Crippen molar-refractivity contribution in [2.75, 3.05) is 18.0 Å². The molecule has 1 fully saturated rings. The molecule has 0 spiro atoms. The second-order valence-electron chi connectivity index (χ2n) is 7.41. The van der Waals surface area contributed by atoms with Gasteiger partial charge in [0.15, 0.2) is 0 Å². The van der Waals surface area contributed by atoms with Crippen molar-refractivity contribution in [2.45, 2.75) is 32.2 Å². The highest BCUT2D eigenvalue weighted by atomic mass is 16.2. The van der Waals surface area contributed by atoms with Gasteiger partial charge in [0.05, 0.1) is 6.42 Å². The van der Waals surface area contributed by atoms with Crippen LogP contribution in [0.5, 0.6) is 0 Å². The monoisotopic (exact) mass is 376 g/mol. The lowest BCUT2D eigenvalue weighted by atomic mass is 10.0. The molecule has 3 heterocycles. The molecule has 1 aromatic carbocycles. The fraction of sp³-hybridized carbons (Fsp3) is 0.318. The van der Waals surface area contributed by atoms with Crippen LogP contribution in [0, 0.1) is 6.92 Å². The predicted molar refractivity (Wildman–Crippen MR) is 111 cm³/mol. The van der Waals surface area contributed by atoms with Gasteiger partial charge in [0.1, 0.15) is 5.82 Å². The van der Waals surface area contributed by atoms with Gasteiger partial charge in [-0.3, -0.25) is 9.59 Å². The number of carbonyl (C=O) groups excluding carboxylic acids is 1. The Hall–Kier alpha value is -3.15. The average molecular weight is 376 g/mol. The van der Waals surface area contributed by atoms with E-state index < -0.39 is 0 Å². The molecule has 6 nitrogen and oxygen atoms in total. The SMILES string of the molecule is Cc1ccc(N2CCC(NC(=O)Cc3cc4ccccc4[nH]c3=O)CC2)nc1. The van der Waals surface area contributed by atoms with E-state index >= 15 is 0 Å². The number of anilines is 1. The minimum atomic E-state index is -0.200. The van der Waals surface area contributed by atoms with E-state index in [0.29, 0.717) is 5.56 Å². The van der Waals surface area contributed by atoms with Gasteiger partial charge in [0, 0.05) is 36.4 Å². The lowest BCUT2D eigenvalue weighted by Crippen LogP contribution is -2.45. The largest absolute Gasteiger partial charge is 0.356 e. The maximum absolute atomic E-state index is 12.5. The lowest BCUT2D eigenvalue weighted by molar-refractivity contribution is -0.121. The molecule has 1 amide bonds. The van der Waals surface area contributed by atoms with Crippen LogP contribution >= 0.6 is 0 Å². The number of nitrogens with one attached hydrogen (secondary N) is 2. The first-order valence-corrected chi connectivity index (χ1v) is 9.66. The third-order valence-corrected chi connectivity index (χ3v) is 5.26. The van der Waals surface area contributed by atoms with Crippen LogP contribution in [-0.2, 0) is 11.2 Å². The van der Waals surface area contributed by atoms with E-state index in [-0.39, 0.29) is 23.9 Å². The maximum atomic E-state index is 12.5. The van der Waals surface area contributed by atoms with Gasteiger partial charge < -0.3 is 15.2 Å². The summed E-state index contributed by atoms with van der Waals surface area (Å²) in [6.45, 7) is 3.74. The second-order valence-corrected chi connectivity index (χ2v) is 7.41. The number of amides is 1. The van der Waals surface area contributed by atoms with E-state index in [9.17, 15) is 9.59 Å². The Labute approximate surface area is 163 Å². The van der Waals surface area contributed by atoms with Gasteiger partial charge in [-0.1, -0.05) is 24.3 Å². The van der Waals surface area contributed by atoms with Crippen molar-refractivity contribution in [3.63, 3.8) is 0 Å². The molecule has 0 aliphatic carbocycles. The summed E-state index contributed by atoms with van der Waals surface area (Å²) in [5.41, 5.74) is 2.23. The second kappa shape index (κ2) is 7.84. The van der Waals surface area contributed by atoms with Crippen LogP contribution in [0.15, 0.2) is 53.5 Å². The van der Waals surface area contributed by atoms with Crippen LogP contribution in [-0.4, -0.2) is 35.0 Å². The van der Waals surface area contributed by atoms with Gasteiger partial charge >= 0.3 is 0 Å². The fourth-order valence-electron chi connectivity index (χ4n) is 3.68. The Morgan fingerprint density at radius 2 is 2.00 bits per heavy atom. The summed E-state index contributed by atoms with van der Waals surface area (Å²) in [7, 11) is 0. The zero-order valence-electron chi connectivity index (χ0n) is 15.9. The van der Waals surface area contributed by atoms with Crippen molar-refractivity contribution in [2.24, 2.45) is 0 Å². The van der Waals surface area contributed by atoms with E-state index in [2.05, 4.69) is 26.3 Å². The van der Waals surface area contributed by atoms with E-state index in [4.69, 9.17) is 0 Å². The number of hydrogen-bond acceptors (Lipinski definition) is 4. The van der Waals surface area contributed by atoms with Crippen molar-refractivity contribution in [3.8, 4) is 0 Å². The third kappa shape index (κ3) is 4.06. The number of fused-ring (bicyclic) bond motifs is 1. The molecule has 4 rings (SSSR count). The summed E-state index contributed by atoms with van der Waals surface area (Å²) >= 11 is 0. The molecule has 2 N–H and O–H groups in total. The van der Waals surface area contributed by atoms with Gasteiger partial charge in [0.2, 0.25) is 5.91 Å². The van der Waals surface area contributed by atoms with E-state index in [1.54, 1.807) is 6.07 Å². The number of aryl methyl sites for hydroxylation is 1. The first kappa shape index (κ1) is 18.2. The van der Waals surface area contributed by atoms with Gasteiger partial charge in [-0.15, -0.1) is 0 Å². The molecule has 144 valence electrons. The summed E-state index contributed by atoms with van der Waals surface area (Å²) in [4.78, 5) is 34.3. The third-order valence-electron chi connectivity index (χ3n) is 5.26. The number of piperidine rings is 1. The summed E-state index contributed by atoms with van der Waals surface area (Å²) in [5, 5.41) is 4.02. The van der Waals surface area contributed by atoms with Gasteiger partial charge in [-0.05, 0) is 48.9 Å². The van der Waals surface area contributed by atoms with Crippen molar-refractivity contribution in [1.29, 1.82) is 0 Å². The van der Waals surface area contributed by atoms with Crippen molar-refractivity contribution >= 4 is 22.6 Å². The van der Waals surface area contributed by atoms with E-state index in [1.165, 1.54) is 0 Å². The minimum Gasteiger partial charge on any atom is -0.356 e. The van der Waals surface area contributed by atoms with Crippen molar-refractivity contribution in [1.82, 2.24) is 15.3 Å². The number of aromatic nitrogens is 2. The summed E-state index contributed by atoms with van der Waals surface area (Å²) < 4.78 is 0. The molecule has 2 aromatic heterocycles. The minimum absolute atomic E-state index is 0.0971. The van der Waals surface area contributed by atoms with Crippen LogP contribution in [0.1, 0.15) is 24.0 Å². The number of nitrogens with zero attached hydrogens (tertiary/aromatic N) is 2. The average Bonchev–Trinajstić information content (AvgIpc) is 2.70. The number of para-hydroxylation sites is 1. The van der Waals surface area contributed by atoms with Crippen LogP contribution in [0.2, 0.25) is 0 Å². The highest BCUT2D eigenvalue weighted by Crippen LogP contribution is 2.18. The molecule has 3 aromatic rings. The predicted octanol–water partition coefficient (Wildman–Crippen LogP) is 2.56. The smallest absolute Gasteiger partial charge is 0.252 e.